The second-order valence-corrected chi connectivity index (χ2v) is 6.84. The molecule has 0 atom stereocenters. The van der Waals surface area contributed by atoms with Gasteiger partial charge in [-0.3, -0.25) is 4.79 Å². The number of fused-ring (bicyclic) bond motifs is 1. The van der Waals surface area contributed by atoms with E-state index in [9.17, 15) is 23.5 Å². The number of carboxylic acids is 1. The number of carbonyl (C=O) groups is 2. The van der Waals surface area contributed by atoms with Crippen LogP contribution in [0.4, 0.5) is 8.78 Å². The summed E-state index contributed by atoms with van der Waals surface area (Å²) in [5.41, 5.74) is 6.01. The average molecular weight is 428 g/mol. The van der Waals surface area contributed by atoms with E-state index in [0.717, 1.165) is 12.1 Å². The molecule has 0 radical (unpaired) electrons. The van der Waals surface area contributed by atoms with Gasteiger partial charge in [0.2, 0.25) is 5.91 Å². The van der Waals surface area contributed by atoms with Crippen LogP contribution in [-0.4, -0.2) is 27.0 Å². The quantitative estimate of drug-likeness (QED) is 0.441. The molecule has 30 heavy (non-hydrogen) atoms. The number of benzene rings is 3. The standard InChI is InChI=1S/C21H12ClF2N3O3/c22-13-3-1-2-11(20-26-15-7-6-14(23)17(24)18(15)27-20)16(13)10-5-4-9(19(25)28)8-12(10)21(29)30/h1-8H,(H2,25,28)(H,26,27)(H,29,30). The van der Waals surface area contributed by atoms with Crippen LogP contribution in [0.3, 0.4) is 0 Å². The van der Waals surface area contributed by atoms with Gasteiger partial charge in [-0.15, -0.1) is 0 Å². The number of hydrogen-bond donors (Lipinski definition) is 3. The number of rotatable bonds is 4. The topological polar surface area (TPSA) is 109 Å². The normalized spacial score (nSPS) is 11.0. The maximum absolute atomic E-state index is 14.1. The van der Waals surface area contributed by atoms with Crippen LogP contribution >= 0.6 is 11.6 Å². The minimum atomic E-state index is -1.29. The molecule has 0 saturated carbocycles. The Labute approximate surface area is 172 Å². The Bertz CT molecular complexity index is 1350. The molecule has 1 amide bonds. The number of primary amides is 1. The van der Waals surface area contributed by atoms with Crippen molar-refractivity contribution < 1.29 is 23.5 Å². The van der Waals surface area contributed by atoms with Gasteiger partial charge in [0.25, 0.3) is 0 Å². The van der Waals surface area contributed by atoms with E-state index in [1.54, 1.807) is 18.2 Å². The molecule has 1 aromatic heterocycles. The zero-order valence-electron chi connectivity index (χ0n) is 15.0. The van der Waals surface area contributed by atoms with Crippen LogP contribution in [0.5, 0.6) is 0 Å². The van der Waals surface area contributed by atoms with E-state index in [0.29, 0.717) is 11.1 Å². The fraction of sp³-hybridized carbons (Fsp3) is 0. The number of aromatic nitrogens is 2. The summed E-state index contributed by atoms with van der Waals surface area (Å²) < 4.78 is 27.7. The van der Waals surface area contributed by atoms with E-state index in [-0.39, 0.29) is 38.6 Å². The van der Waals surface area contributed by atoms with E-state index in [1.165, 1.54) is 18.2 Å². The van der Waals surface area contributed by atoms with Crippen LogP contribution in [-0.2, 0) is 0 Å². The molecule has 9 heteroatoms. The van der Waals surface area contributed by atoms with Crippen molar-refractivity contribution >= 4 is 34.5 Å². The Morgan fingerprint density at radius 2 is 1.83 bits per heavy atom. The number of H-pyrrole nitrogens is 1. The lowest BCUT2D eigenvalue weighted by molar-refractivity contribution is 0.0697. The molecule has 4 aromatic rings. The molecule has 1 heterocycles. The highest BCUT2D eigenvalue weighted by Crippen LogP contribution is 2.39. The molecule has 0 aliphatic rings. The molecular formula is C21H12ClF2N3O3. The first-order valence-electron chi connectivity index (χ1n) is 8.58. The number of amides is 1. The van der Waals surface area contributed by atoms with E-state index in [1.807, 2.05) is 0 Å². The number of aromatic amines is 1. The first kappa shape index (κ1) is 19.5. The number of aromatic carboxylic acids is 1. The van der Waals surface area contributed by atoms with Gasteiger partial charge in [0.15, 0.2) is 11.6 Å². The summed E-state index contributed by atoms with van der Waals surface area (Å²) in [6, 6.07) is 11.0. The molecule has 0 unspecified atom stereocenters. The van der Waals surface area contributed by atoms with Crippen molar-refractivity contribution in [2.45, 2.75) is 0 Å². The number of carboxylic acid groups (broad SMARTS) is 1. The molecule has 0 spiro atoms. The number of imidazole rings is 1. The van der Waals surface area contributed by atoms with Crippen molar-refractivity contribution in [2.24, 2.45) is 5.73 Å². The van der Waals surface area contributed by atoms with Gasteiger partial charge in [-0.05, 0) is 35.9 Å². The van der Waals surface area contributed by atoms with Crippen LogP contribution in [0, 0.1) is 11.6 Å². The van der Waals surface area contributed by atoms with Crippen molar-refractivity contribution in [3.8, 4) is 22.5 Å². The van der Waals surface area contributed by atoms with Gasteiger partial charge in [0, 0.05) is 21.7 Å². The van der Waals surface area contributed by atoms with Gasteiger partial charge >= 0.3 is 5.97 Å². The Kier molecular flexibility index (Phi) is 4.71. The molecule has 4 N–H and O–H groups in total. The smallest absolute Gasteiger partial charge is 0.336 e. The highest BCUT2D eigenvalue weighted by Gasteiger charge is 2.22. The van der Waals surface area contributed by atoms with Crippen molar-refractivity contribution in [3.05, 3.63) is 76.3 Å². The summed E-state index contributed by atoms with van der Waals surface area (Å²) in [5, 5.41) is 9.86. The Hall–Kier alpha value is -3.78. The van der Waals surface area contributed by atoms with Gasteiger partial charge in [0.1, 0.15) is 11.3 Å². The monoisotopic (exact) mass is 427 g/mol. The highest BCUT2D eigenvalue weighted by atomic mass is 35.5. The fourth-order valence-electron chi connectivity index (χ4n) is 3.23. The molecule has 0 fully saturated rings. The summed E-state index contributed by atoms with van der Waals surface area (Å²) in [7, 11) is 0. The SMILES string of the molecule is NC(=O)c1ccc(-c2c(Cl)cccc2-c2nc3ccc(F)c(F)c3[nH]2)c(C(=O)O)c1. The van der Waals surface area contributed by atoms with Crippen molar-refractivity contribution in [1.29, 1.82) is 0 Å². The molecule has 3 aromatic carbocycles. The minimum absolute atomic E-state index is 0.0195. The van der Waals surface area contributed by atoms with E-state index in [4.69, 9.17) is 17.3 Å². The minimum Gasteiger partial charge on any atom is -0.478 e. The van der Waals surface area contributed by atoms with Crippen molar-refractivity contribution in [1.82, 2.24) is 9.97 Å². The number of nitrogens with two attached hydrogens (primary N) is 1. The molecule has 0 bridgehead atoms. The van der Waals surface area contributed by atoms with Crippen LogP contribution in [0.15, 0.2) is 48.5 Å². The third-order valence-corrected chi connectivity index (χ3v) is 4.94. The van der Waals surface area contributed by atoms with Crippen LogP contribution in [0.1, 0.15) is 20.7 Å². The summed E-state index contributed by atoms with van der Waals surface area (Å²) in [5.74, 6) is -4.01. The van der Waals surface area contributed by atoms with Gasteiger partial charge < -0.3 is 15.8 Å². The number of carbonyl (C=O) groups excluding carboxylic acids is 1. The number of halogens is 3. The van der Waals surface area contributed by atoms with E-state index < -0.39 is 23.5 Å². The predicted molar refractivity (Wildman–Crippen MR) is 107 cm³/mol. The van der Waals surface area contributed by atoms with E-state index in [2.05, 4.69) is 9.97 Å². The molecule has 0 aliphatic heterocycles. The second-order valence-electron chi connectivity index (χ2n) is 6.43. The summed E-state index contributed by atoms with van der Waals surface area (Å²) >= 11 is 6.39. The predicted octanol–water partition coefficient (Wildman–Crippen LogP) is 4.63. The lowest BCUT2D eigenvalue weighted by Gasteiger charge is -2.13. The van der Waals surface area contributed by atoms with Gasteiger partial charge in [-0.25, -0.2) is 18.6 Å². The molecule has 0 saturated heterocycles. The largest absolute Gasteiger partial charge is 0.478 e. The summed E-state index contributed by atoms with van der Waals surface area (Å²) in [4.78, 5) is 30.3. The maximum Gasteiger partial charge on any atom is 0.336 e. The fourth-order valence-corrected chi connectivity index (χ4v) is 3.51. The first-order valence-corrected chi connectivity index (χ1v) is 8.96. The molecule has 0 aliphatic carbocycles. The van der Waals surface area contributed by atoms with Crippen LogP contribution in [0.2, 0.25) is 5.02 Å². The van der Waals surface area contributed by atoms with Gasteiger partial charge in [-0.2, -0.15) is 0 Å². The summed E-state index contributed by atoms with van der Waals surface area (Å²) in [6.07, 6.45) is 0. The molecule has 150 valence electrons. The maximum atomic E-state index is 14.1. The number of nitrogens with one attached hydrogen (secondary N) is 1. The molecule has 4 rings (SSSR count). The van der Waals surface area contributed by atoms with Crippen LogP contribution in [0.25, 0.3) is 33.5 Å². The lowest BCUT2D eigenvalue weighted by Crippen LogP contribution is -2.12. The molecular weight excluding hydrogens is 416 g/mol. The Balaban J connectivity index is 2.00. The zero-order valence-corrected chi connectivity index (χ0v) is 15.8. The molecule has 6 nitrogen and oxygen atoms in total. The second kappa shape index (κ2) is 7.23. The average Bonchev–Trinajstić information content (AvgIpc) is 3.15. The zero-order chi connectivity index (χ0) is 21.6. The highest BCUT2D eigenvalue weighted by molar-refractivity contribution is 6.34. The number of nitrogens with zero attached hydrogens (tertiary/aromatic N) is 1. The van der Waals surface area contributed by atoms with Gasteiger partial charge in [0.05, 0.1) is 11.1 Å². The van der Waals surface area contributed by atoms with Crippen LogP contribution < -0.4 is 5.73 Å². The summed E-state index contributed by atoms with van der Waals surface area (Å²) in [6.45, 7) is 0. The van der Waals surface area contributed by atoms with E-state index >= 15 is 0 Å². The third-order valence-electron chi connectivity index (χ3n) is 4.62. The number of hydrogen-bond acceptors (Lipinski definition) is 3. The Morgan fingerprint density at radius 1 is 1.07 bits per heavy atom. The van der Waals surface area contributed by atoms with Gasteiger partial charge in [-0.1, -0.05) is 29.8 Å². The Morgan fingerprint density at radius 3 is 2.53 bits per heavy atom. The third kappa shape index (κ3) is 3.17. The van der Waals surface area contributed by atoms with Crippen molar-refractivity contribution in [3.63, 3.8) is 0 Å². The van der Waals surface area contributed by atoms with Crippen molar-refractivity contribution in [2.75, 3.05) is 0 Å². The first-order chi connectivity index (χ1) is 14.3. The lowest BCUT2D eigenvalue weighted by atomic mass is 9.93.